The molecular weight excluding hydrogens is 406 g/mol. The first kappa shape index (κ1) is 21.1. The third kappa shape index (κ3) is 5.27. The Balaban J connectivity index is 1.86. The summed E-state index contributed by atoms with van der Waals surface area (Å²) in [6.45, 7) is 1.58. The average Bonchev–Trinajstić information content (AvgIpc) is 2.69. The molecule has 7 nitrogen and oxygen atoms in total. The van der Waals surface area contributed by atoms with Crippen molar-refractivity contribution >= 4 is 34.6 Å². The van der Waals surface area contributed by atoms with E-state index < -0.39 is 4.92 Å². The van der Waals surface area contributed by atoms with Crippen molar-refractivity contribution in [2.24, 2.45) is 0 Å². The minimum atomic E-state index is -0.605. The van der Waals surface area contributed by atoms with Crippen molar-refractivity contribution < 1.29 is 14.8 Å². The molecule has 30 heavy (non-hydrogen) atoms. The summed E-state index contributed by atoms with van der Waals surface area (Å²) in [5.41, 5.74) is 2.84. The van der Waals surface area contributed by atoms with Crippen LogP contribution in [-0.4, -0.2) is 15.9 Å². The van der Waals surface area contributed by atoms with E-state index in [2.05, 4.69) is 10.6 Å². The number of nitro benzene ring substituents is 1. The molecule has 0 fully saturated rings. The van der Waals surface area contributed by atoms with Gasteiger partial charge in [0, 0.05) is 41.5 Å². The van der Waals surface area contributed by atoms with Crippen LogP contribution >= 0.6 is 11.6 Å². The molecule has 8 heteroatoms. The van der Waals surface area contributed by atoms with E-state index in [4.69, 9.17) is 11.6 Å². The van der Waals surface area contributed by atoms with E-state index in [0.717, 1.165) is 5.56 Å². The van der Waals surface area contributed by atoms with Crippen molar-refractivity contribution in [3.05, 3.63) is 92.5 Å². The van der Waals surface area contributed by atoms with Gasteiger partial charge >= 0.3 is 5.69 Å². The highest BCUT2D eigenvalue weighted by Gasteiger charge is 2.19. The number of hydrogen-bond acceptors (Lipinski definition) is 5. The number of carbonyl (C=O) groups excluding carboxylic acids is 1. The van der Waals surface area contributed by atoms with Crippen LogP contribution in [0.25, 0.3) is 0 Å². The van der Waals surface area contributed by atoms with E-state index >= 15 is 0 Å². The smallest absolute Gasteiger partial charge is 0.311 e. The highest BCUT2D eigenvalue weighted by Crippen LogP contribution is 2.33. The Kier molecular flexibility index (Phi) is 6.54. The SMILES string of the molecule is CC(=O)Nc1cccc(NCc2cc(Cc3ccccc3Cl)cc([N+](=O)[O-])c2O)c1. The van der Waals surface area contributed by atoms with E-state index in [9.17, 15) is 20.0 Å². The fourth-order valence-corrected chi connectivity index (χ4v) is 3.29. The number of phenols is 1. The third-order valence-corrected chi connectivity index (χ3v) is 4.81. The number of benzene rings is 3. The fourth-order valence-electron chi connectivity index (χ4n) is 3.09. The van der Waals surface area contributed by atoms with Crippen LogP contribution in [-0.2, 0) is 17.8 Å². The van der Waals surface area contributed by atoms with Crippen LogP contribution in [0.2, 0.25) is 5.02 Å². The molecule has 3 N–H and O–H groups in total. The molecule has 0 aliphatic carbocycles. The number of rotatable bonds is 7. The molecule has 154 valence electrons. The van der Waals surface area contributed by atoms with Gasteiger partial charge in [-0.1, -0.05) is 35.9 Å². The number of nitrogens with one attached hydrogen (secondary N) is 2. The highest BCUT2D eigenvalue weighted by atomic mass is 35.5. The van der Waals surface area contributed by atoms with E-state index in [1.165, 1.54) is 13.0 Å². The quantitative estimate of drug-likeness (QED) is 0.360. The van der Waals surface area contributed by atoms with Crippen LogP contribution in [0.5, 0.6) is 5.75 Å². The molecule has 1 amide bonds. The van der Waals surface area contributed by atoms with Gasteiger partial charge in [-0.3, -0.25) is 14.9 Å². The van der Waals surface area contributed by atoms with Gasteiger partial charge in [0.1, 0.15) is 0 Å². The maximum atomic E-state index is 11.4. The molecule has 0 unspecified atom stereocenters. The van der Waals surface area contributed by atoms with Crippen LogP contribution in [0.3, 0.4) is 0 Å². The lowest BCUT2D eigenvalue weighted by Crippen LogP contribution is -2.07. The van der Waals surface area contributed by atoms with E-state index in [1.54, 1.807) is 36.4 Å². The van der Waals surface area contributed by atoms with E-state index in [0.29, 0.717) is 33.9 Å². The lowest BCUT2D eigenvalue weighted by Gasteiger charge is -2.12. The monoisotopic (exact) mass is 425 g/mol. The van der Waals surface area contributed by atoms with Gasteiger partial charge in [0.25, 0.3) is 0 Å². The first-order valence-corrected chi connectivity index (χ1v) is 9.55. The average molecular weight is 426 g/mol. The topological polar surface area (TPSA) is 104 Å². The number of nitrogens with zero attached hydrogens (tertiary/aromatic N) is 1. The Morgan fingerprint density at radius 3 is 2.50 bits per heavy atom. The summed E-state index contributed by atoms with van der Waals surface area (Å²) in [6.07, 6.45) is 0.395. The summed E-state index contributed by atoms with van der Waals surface area (Å²) >= 11 is 6.21. The summed E-state index contributed by atoms with van der Waals surface area (Å²) in [5, 5.41) is 28.2. The van der Waals surface area contributed by atoms with Gasteiger partial charge in [-0.25, -0.2) is 0 Å². The number of phenolic OH excluding ortho intramolecular Hbond substituents is 1. The van der Waals surface area contributed by atoms with Gasteiger partial charge < -0.3 is 15.7 Å². The molecule has 0 aromatic heterocycles. The number of hydrogen-bond donors (Lipinski definition) is 3. The van der Waals surface area contributed by atoms with Gasteiger partial charge in [-0.15, -0.1) is 0 Å². The lowest BCUT2D eigenvalue weighted by molar-refractivity contribution is -0.386. The Labute approximate surface area is 178 Å². The third-order valence-electron chi connectivity index (χ3n) is 4.44. The maximum Gasteiger partial charge on any atom is 0.311 e. The van der Waals surface area contributed by atoms with E-state index in [-0.39, 0.29) is 23.9 Å². The zero-order valence-electron chi connectivity index (χ0n) is 16.2. The molecule has 3 rings (SSSR count). The molecule has 0 bridgehead atoms. The Morgan fingerprint density at radius 1 is 1.07 bits per heavy atom. The first-order chi connectivity index (χ1) is 14.3. The number of amides is 1. The Bertz CT molecular complexity index is 1100. The van der Waals surface area contributed by atoms with Gasteiger partial charge in [0.2, 0.25) is 5.91 Å². The number of anilines is 2. The Morgan fingerprint density at radius 2 is 1.80 bits per heavy atom. The van der Waals surface area contributed by atoms with Crippen molar-refractivity contribution in [3.8, 4) is 5.75 Å². The number of aromatic hydroxyl groups is 1. The largest absolute Gasteiger partial charge is 0.502 e. The number of nitro groups is 1. The van der Waals surface area contributed by atoms with Crippen LogP contribution in [0.15, 0.2) is 60.7 Å². The Hall–Kier alpha value is -3.58. The lowest BCUT2D eigenvalue weighted by atomic mass is 10.0. The summed E-state index contributed by atoms with van der Waals surface area (Å²) in [7, 11) is 0. The fraction of sp³-hybridized carbons (Fsp3) is 0.136. The van der Waals surface area contributed by atoms with Crippen LogP contribution < -0.4 is 10.6 Å². The van der Waals surface area contributed by atoms with Crippen LogP contribution in [0.4, 0.5) is 17.1 Å². The van der Waals surface area contributed by atoms with Crippen LogP contribution in [0, 0.1) is 10.1 Å². The molecule has 0 saturated heterocycles. The normalized spacial score (nSPS) is 10.5. The zero-order valence-corrected chi connectivity index (χ0v) is 16.9. The molecule has 3 aromatic rings. The summed E-state index contributed by atoms with van der Waals surface area (Å²) < 4.78 is 0. The minimum Gasteiger partial charge on any atom is -0.502 e. The van der Waals surface area contributed by atoms with Crippen molar-refractivity contribution in [3.63, 3.8) is 0 Å². The second kappa shape index (κ2) is 9.28. The molecule has 0 aliphatic heterocycles. The standard InChI is InChI=1S/C22H20ClN3O4/c1-14(27)25-19-7-4-6-18(12-19)24-13-17-10-15(11-21(22(17)28)26(29)30)9-16-5-2-3-8-20(16)23/h2-8,10-12,24,28H,9,13H2,1H3,(H,25,27). The second-order valence-corrected chi connectivity index (χ2v) is 7.17. The predicted octanol–water partition coefficient (Wildman–Crippen LogP) is 5.12. The number of halogens is 1. The van der Waals surface area contributed by atoms with Gasteiger partial charge in [0.15, 0.2) is 5.75 Å². The summed E-state index contributed by atoms with van der Waals surface area (Å²) in [5.74, 6) is -0.568. The molecular formula is C22H20ClN3O4. The molecule has 0 heterocycles. The van der Waals surface area contributed by atoms with Gasteiger partial charge in [-0.2, -0.15) is 0 Å². The van der Waals surface area contributed by atoms with Crippen molar-refractivity contribution in [2.45, 2.75) is 19.9 Å². The number of carbonyl (C=O) groups is 1. The van der Waals surface area contributed by atoms with Gasteiger partial charge in [-0.05, 0) is 47.9 Å². The maximum absolute atomic E-state index is 11.4. The van der Waals surface area contributed by atoms with Gasteiger partial charge in [0.05, 0.1) is 4.92 Å². The first-order valence-electron chi connectivity index (χ1n) is 9.17. The highest BCUT2D eigenvalue weighted by molar-refractivity contribution is 6.31. The van der Waals surface area contributed by atoms with Crippen molar-refractivity contribution in [1.82, 2.24) is 0 Å². The second-order valence-electron chi connectivity index (χ2n) is 6.76. The minimum absolute atomic E-state index is 0.159. The molecule has 0 atom stereocenters. The molecule has 0 saturated carbocycles. The van der Waals surface area contributed by atoms with Crippen molar-refractivity contribution in [2.75, 3.05) is 10.6 Å². The molecule has 3 aromatic carbocycles. The molecule has 0 radical (unpaired) electrons. The predicted molar refractivity (Wildman–Crippen MR) is 117 cm³/mol. The summed E-state index contributed by atoms with van der Waals surface area (Å²) in [6, 6.07) is 17.4. The molecule has 0 aliphatic rings. The van der Waals surface area contributed by atoms with Crippen molar-refractivity contribution in [1.29, 1.82) is 0 Å². The summed E-state index contributed by atoms with van der Waals surface area (Å²) in [4.78, 5) is 22.0. The van der Waals surface area contributed by atoms with E-state index in [1.807, 2.05) is 18.2 Å². The molecule has 0 spiro atoms. The zero-order chi connectivity index (χ0) is 21.7. The van der Waals surface area contributed by atoms with Crippen LogP contribution in [0.1, 0.15) is 23.6 Å².